The number of nitrogens with one attached hydrogen (secondary N) is 1. The summed E-state index contributed by atoms with van der Waals surface area (Å²) in [6.07, 6.45) is 2.58. The number of nitrogens with two attached hydrogens (primary N) is 1. The van der Waals surface area contributed by atoms with Gasteiger partial charge < -0.3 is 9.74 Å². The maximum absolute atomic E-state index is 11.8. The van der Waals surface area contributed by atoms with Crippen LogP contribution in [0.2, 0.25) is 0 Å². The number of carbonyl (C=O) groups excluding carboxylic acids is 2. The molecule has 0 aromatic rings. The van der Waals surface area contributed by atoms with E-state index in [1.165, 1.54) is 0 Å². The van der Waals surface area contributed by atoms with Gasteiger partial charge in [0.15, 0.2) is 0 Å². The smallest absolute Gasteiger partial charge is 0.328 e. The normalized spacial score (nSPS) is 19.9. The molecule has 3 N–H and O–H groups in total. The fourth-order valence-corrected chi connectivity index (χ4v) is 1.87. The molecule has 6 nitrogen and oxygen atoms in total. The van der Waals surface area contributed by atoms with Crippen LogP contribution in [0.3, 0.4) is 0 Å². The Morgan fingerprint density at radius 3 is 2.88 bits per heavy atom. The highest BCUT2D eigenvalue weighted by molar-refractivity contribution is 5.77. The van der Waals surface area contributed by atoms with Crippen molar-refractivity contribution in [3.05, 3.63) is 0 Å². The van der Waals surface area contributed by atoms with Crippen LogP contribution in [0.15, 0.2) is 0 Å². The van der Waals surface area contributed by atoms with Crippen molar-refractivity contribution in [1.82, 2.24) is 10.5 Å². The molecule has 0 atom stereocenters. The Balaban J connectivity index is 2.42. The standard InChI is InChI=1S/C11H21N3O3/c1-11(2)5-3-9(15)14(8-6-11)7-4-10(16)17-13-12/h13H,3-8,12H2,1-2H3. The van der Waals surface area contributed by atoms with Crippen LogP contribution in [0.25, 0.3) is 0 Å². The fraction of sp³-hybridized carbons (Fsp3) is 0.818. The van der Waals surface area contributed by atoms with Gasteiger partial charge in [-0.2, -0.15) is 0 Å². The van der Waals surface area contributed by atoms with E-state index in [2.05, 4.69) is 18.7 Å². The zero-order chi connectivity index (χ0) is 12.9. The average Bonchev–Trinajstić information content (AvgIpc) is 2.38. The van der Waals surface area contributed by atoms with Crippen LogP contribution < -0.4 is 11.4 Å². The van der Waals surface area contributed by atoms with Crippen LogP contribution in [0, 0.1) is 5.41 Å². The maximum atomic E-state index is 11.8. The van der Waals surface area contributed by atoms with Gasteiger partial charge in [0.2, 0.25) is 5.91 Å². The molecule has 1 amide bonds. The molecule has 1 heterocycles. The number of amides is 1. The number of rotatable bonds is 4. The predicted octanol–water partition coefficient (Wildman–Crippen LogP) is 0.337. The van der Waals surface area contributed by atoms with Gasteiger partial charge in [-0.05, 0) is 18.3 Å². The molecule has 0 aromatic heterocycles. The zero-order valence-electron chi connectivity index (χ0n) is 10.5. The first kappa shape index (κ1) is 13.9. The Bertz CT molecular complexity index is 292. The van der Waals surface area contributed by atoms with Gasteiger partial charge in [0, 0.05) is 19.5 Å². The second-order valence-electron chi connectivity index (χ2n) is 5.14. The molecular formula is C11H21N3O3. The summed E-state index contributed by atoms with van der Waals surface area (Å²) in [7, 11) is 0. The lowest BCUT2D eigenvalue weighted by atomic mass is 9.85. The van der Waals surface area contributed by atoms with E-state index in [4.69, 9.17) is 5.84 Å². The van der Waals surface area contributed by atoms with Gasteiger partial charge in [0.25, 0.3) is 0 Å². The molecule has 17 heavy (non-hydrogen) atoms. The number of hydrogen-bond acceptors (Lipinski definition) is 5. The summed E-state index contributed by atoms with van der Waals surface area (Å²) in [6.45, 7) is 5.43. The Morgan fingerprint density at radius 1 is 1.53 bits per heavy atom. The zero-order valence-corrected chi connectivity index (χ0v) is 10.5. The molecule has 1 rings (SSSR count). The first-order chi connectivity index (χ1) is 7.94. The number of likely N-dealkylation sites (tertiary alicyclic amines) is 1. The summed E-state index contributed by atoms with van der Waals surface area (Å²) < 4.78 is 0. The topological polar surface area (TPSA) is 84.7 Å². The van der Waals surface area contributed by atoms with Crippen molar-refractivity contribution in [3.8, 4) is 0 Å². The second-order valence-corrected chi connectivity index (χ2v) is 5.14. The number of nitrogens with zero attached hydrogens (tertiary/aromatic N) is 1. The Kier molecular flexibility index (Phi) is 4.89. The maximum Gasteiger partial charge on any atom is 0.328 e. The highest BCUT2D eigenvalue weighted by Crippen LogP contribution is 2.30. The molecule has 0 aliphatic carbocycles. The van der Waals surface area contributed by atoms with Crippen molar-refractivity contribution in [2.45, 2.75) is 39.5 Å². The molecule has 1 saturated heterocycles. The van der Waals surface area contributed by atoms with Gasteiger partial charge in [0.1, 0.15) is 0 Å². The van der Waals surface area contributed by atoms with Crippen LogP contribution in [-0.4, -0.2) is 29.9 Å². The molecule has 1 aliphatic heterocycles. The van der Waals surface area contributed by atoms with Gasteiger partial charge in [0.05, 0.1) is 6.42 Å². The van der Waals surface area contributed by atoms with Crippen LogP contribution in [-0.2, 0) is 14.4 Å². The van der Waals surface area contributed by atoms with Gasteiger partial charge in [-0.1, -0.05) is 19.4 Å². The van der Waals surface area contributed by atoms with Crippen LogP contribution in [0.4, 0.5) is 0 Å². The van der Waals surface area contributed by atoms with Gasteiger partial charge in [-0.15, -0.1) is 0 Å². The highest BCUT2D eigenvalue weighted by atomic mass is 16.7. The van der Waals surface area contributed by atoms with Gasteiger partial charge >= 0.3 is 5.97 Å². The summed E-state index contributed by atoms with van der Waals surface area (Å²) >= 11 is 0. The number of hydrogen-bond donors (Lipinski definition) is 2. The number of hydrazine groups is 1. The molecule has 0 unspecified atom stereocenters. The molecule has 6 heteroatoms. The highest BCUT2D eigenvalue weighted by Gasteiger charge is 2.27. The average molecular weight is 243 g/mol. The lowest BCUT2D eigenvalue weighted by molar-refractivity contribution is -0.151. The second kappa shape index (κ2) is 5.97. The van der Waals surface area contributed by atoms with Crippen LogP contribution in [0.5, 0.6) is 0 Å². The van der Waals surface area contributed by atoms with E-state index in [9.17, 15) is 9.59 Å². The molecule has 0 bridgehead atoms. The largest absolute Gasteiger partial charge is 0.356 e. The third kappa shape index (κ3) is 4.70. The minimum Gasteiger partial charge on any atom is -0.356 e. The predicted molar refractivity (Wildman–Crippen MR) is 62.2 cm³/mol. The lowest BCUT2D eigenvalue weighted by Gasteiger charge is -2.23. The van der Waals surface area contributed by atoms with Crippen LogP contribution in [0.1, 0.15) is 39.5 Å². The number of carbonyl (C=O) groups is 2. The van der Waals surface area contributed by atoms with E-state index < -0.39 is 5.97 Å². The summed E-state index contributed by atoms with van der Waals surface area (Å²) in [5.74, 6) is 4.51. The van der Waals surface area contributed by atoms with E-state index >= 15 is 0 Å². The monoisotopic (exact) mass is 243 g/mol. The van der Waals surface area contributed by atoms with Crippen molar-refractivity contribution >= 4 is 11.9 Å². The van der Waals surface area contributed by atoms with E-state index in [0.29, 0.717) is 19.5 Å². The Morgan fingerprint density at radius 2 is 2.24 bits per heavy atom. The molecule has 0 radical (unpaired) electrons. The molecule has 1 fully saturated rings. The fourth-order valence-electron chi connectivity index (χ4n) is 1.87. The summed E-state index contributed by atoms with van der Waals surface area (Å²) in [5, 5.41) is 0. The molecule has 0 spiro atoms. The van der Waals surface area contributed by atoms with E-state index in [0.717, 1.165) is 12.8 Å². The van der Waals surface area contributed by atoms with Crippen molar-refractivity contribution in [2.24, 2.45) is 11.3 Å². The van der Waals surface area contributed by atoms with Gasteiger partial charge in [-0.25, -0.2) is 5.84 Å². The molecule has 0 aromatic carbocycles. The lowest BCUT2D eigenvalue weighted by Crippen LogP contribution is -2.34. The Labute approximate surface area is 101 Å². The van der Waals surface area contributed by atoms with Crippen molar-refractivity contribution in [1.29, 1.82) is 0 Å². The van der Waals surface area contributed by atoms with Crippen molar-refractivity contribution in [3.63, 3.8) is 0 Å². The molecular weight excluding hydrogens is 222 g/mol. The SMILES string of the molecule is CC1(C)CCC(=O)N(CCC(=O)ONN)CC1. The third-order valence-electron chi connectivity index (χ3n) is 3.19. The van der Waals surface area contributed by atoms with Gasteiger partial charge in [-0.3, -0.25) is 9.59 Å². The minimum atomic E-state index is -0.455. The molecule has 98 valence electrons. The van der Waals surface area contributed by atoms with Crippen molar-refractivity contribution < 1.29 is 14.4 Å². The minimum absolute atomic E-state index is 0.115. The summed E-state index contributed by atoms with van der Waals surface area (Å²) in [4.78, 5) is 29.0. The molecule has 0 saturated carbocycles. The third-order valence-corrected chi connectivity index (χ3v) is 3.19. The van der Waals surface area contributed by atoms with E-state index in [1.54, 1.807) is 4.90 Å². The summed E-state index contributed by atoms with van der Waals surface area (Å²) in [6, 6.07) is 0. The summed E-state index contributed by atoms with van der Waals surface area (Å²) in [5.41, 5.74) is 2.04. The Hall–Kier alpha value is -1.14. The first-order valence-corrected chi connectivity index (χ1v) is 5.88. The van der Waals surface area contributed by atoms with Crippen molar-refractivity contribution in [2.75, 3.05) is 13.1 Å². The van der Waals surface area contributed by atoms with E-state index in [1.807, 2.05) is 5.59 Å². The molecule has 1 aliphatic rings. The first-order valence-electron chi connectivity index (χ1n) is 5.88. The quantitative estimate of drug-likeness (QED) is 0.549. The van der Waals surface area contributed by atoms with E-state index in [-0.39, 0.29) is 17.7 Å². The van der Waals surface area contributed by atoms with Crippen LogP contribution >= 0.6 is 0 Å².